The van der Waals surface area contributed by atoms with Crippen molar-refractivity contribution in [1.82, 2.24) is 15.1 Å². The number of hydrogen-bond donors (Lipinski definition) is 2. The molecule has 1 fully saturated rings. The van der Waals surface area contributed by atoms with E-state index in [9.17, 15) is 24.3 Å². The lowest BCUT2D eigenvalue weighted by Gasteiger charge is -2.33. The van der Waals surface area contributed by atoms with E-state index in [0.717, 1.165) is 37.0 Å². The van der Waals surface area contributed by atoms with Crippen molar-refractivity contribution in [1.29, 1.82) is 0 Å². The Morgan fingerprint density at radius 2 is 1.76 bits per heavy atom. The van der Waals surface area contributed by atoms with Crippen LogP contribution >= 0.6 is 0 Å². The van der Waals surface area contributed by atoms with Gasteiger partial charge in [0.15, 0.2) is 6.04 Å². The van der Waals surface area contributed by atoms with Gasteiger partial charge in [0.1, 0.15) is 6.54 Å². The number of carboxylic acids is 1. The highest BCUT2D eigenvalue weighted by molar-refractivity contribution is 5.98. The topological polar surface area (TPSA) is 107 Å². The lowest BCUT2D eigenvalue weighted by Crippen LogP contribution is -2.57. The van der Waals surface area contributed by atoms with Gasteiger partial charge in [0.25, 0.3) is 0 Å². The second-order valence-electron chi connectivity index (χ2n) is 7.16. The van der Waals surface area contributed by atoms with Crippen molar-refractivity contribution in [3.63, 3.8) is 0 Å². The van der Waals surface area contributed by atoms with Crippen LogP contribution in [-0.2, 0) is 14.4 Å². The Kier molecular flexibility index (Phi) is 8.64. The number of carbonyl (C=O) groups excluding carboxylic acids is 3. The second-order valence-corrected chi connectivity index (χ2v) is 7.16. The Labute approximate surface area is 170 Å². The van der Waals surface area contributed by atoms with Crippen LogP contribution in [0.15, 0.2) is 30.3 Å². The minimum atomic E-state index is -1.25. The Hall–Kier alpha value is -2.90. The molecule has 8 heteroatoms. The average molecular weight is 403 g/mol. The molecule has 0 aromatic heterocycles. The molecule has 8 nitrogen and oxygen atoms in total. The normalized spacial score (nSPS) is 15.1. The van der Waals surface area contributed by atoms with E-state index in [-0.39, 0.29) is 25.5 Å². The van der Waals surface area contributed by atoms with Crippen molar-refractivity contribution in [2.45, 2.75) is 51.5 Å². The number of carboxylic acid groups (broad SMARTS) is 1. The summed E-state index contributed by atoms with van der Waals surface area (Å²) in [7, 11) is 0. The quantitative estimate of drug-likeness (QED) is 0.616. The zero-order valence-electron chi connectivity index (χ0n) is 16.8. The maximum atomic E-state index is 12.5. The molecular formula is C21H29N3O5. The van der Waals surface area contributed by atoms with Crippen LogP contribution in [0.1, 0.15) is 57.1 Å². The maximum Gasteiger partial charge on any atom is 0.330 e. The molecule has 2 rings (SSSR count). The van der Waals surface area contributed by atoms with Crippen LogP contribution in [0.5, 0.6) is 0 Å². The van der Waals surface area contributed by atoms with Crippen LogP contribution in [-0.4, -0.2) is 58.4 Å². The van der Waals surface area contributed by atoms with Gasteiger partial charge < -0.3 is 15.3 Å². The molecule has 29 heavy (non-hydrogen) atoms. The zero-order chi connectivity index (χ0) is 21.2. The lowest BCUT2D eigenvalue weighted by atomic mass is 10.1. The number of imide groups is 1. The number of piperazine rings is 1. The van der Waals surface area contributed by atoms with Crippen molar-refractivity contribution in [3.8, 4) is 0 Å². The first kappa shape index (κ1) is 22.4. The molecule has 1 aromatic rings. The highest BCUT2D eigenvalue weighted by Gasteiger charge is 2.33. The monoisotopic (exact) mass is 403 g/mol. The van der Waals surface area contributed by atoms with Gasteiger partial charge in [0.2, 0.25) is 11.8 Å². The number of urea groups is 1. The number of nitrogens with zero attached hydrogens (tertiary/aromatic N) is 2. The molecule has 1 atom stereocenters. The van der Waals surface area contributed by atoms with E-state index in [4.69, 9.17) is 0 Å². The predicted molar refractivity (Wildman–Crippen MR) is 107 cm³/mol. The first-order chi connectivity index (χ1) is 13.9. The molecule has 0 bridgehead atoms. The molecule has 2 N–H and O–H groups in total. The molecule has 1 aliphatic rings. The summed E-state index contributed by atoms with van der Waals surface area (Å²) in [6.07, 6.45) is 5.58. The number of unbranched alkanes of at least 4 members (excludes halogenated alkanes) is 4. The highest BCUT2D eigenvalue weighted by Crippen LogP contribution is 2.15. The number of aliphatic carboxylic acids is 1. The molecule has 0 saturated carbocycles. The van der Waals surface area contributed by atoms with E-state index in [1.165, 1.54) is 4.90 Å². The Morgan fingerprint density at radius 3 is 2.38 bits per heavy atom. The molecule has 4 amide bonds. The lowest BCUT2D eigenvalue weighted by molar-refractivity contribution is -0.143. The molecular weight excluding hydrogens is 374 g/mol. The van der Waals surface area contributed by atoms with E-state index in [0.29, 0.717) is 12.0 Å². The van der Waals surface area contributed by atoms with E-state index < -0.39 is 23.9 Å². The van der Waals surface area contributed by atoms with Crippen LogP contribution in [0.25, 0.3) is 0 Å². The fourth-order valence-corrected chi connectivity index (χ4v) is 3.27. The van der Waals surface area contributed by atoms with Crippen molar-refractivity contribution in [2.75, 3.05) is 19.6 Å². The molecule has 0 spiro atoms. The van der Waals surface area contributed by atoms with Crippen LogP contribution in [0.3, 0.4) is 0 Å². The molecule has 0 radical (unpaired) electrons. The van der Waals surface area contributed by atoms with Gasteiger partial charge in [-0.05, 0) is 12.0 Å². The van der Waals surface area contributed by atoms with Gasteiger partial charge in [0.05, 0.1) is 0 Å². The molecule has 0 aliphatic carbocycles. The summed E-state index contributed by atoms with van der Waals surface area (Å²) < 4.78 is 0. The first-order valence-electron chi connectivity index (χ1n) is 10.1. The predicted octanol–water partition coefficient (Wildman–Crippen LogP) is 2.55. The van der Waals surface area contributed by atoms with Crippen LogP contribution in [0.4, 0.5) is 4.79 Å². The third-order valence-electron chi connectivity index (χ3n) is 4.96. The van der Waals surface area contributed by atoms with Gasteiger partial charge in [-0.1, -0.05) is 62.9 Å². The van der Waals surface area contributed by atoms with Crippen LogP contribution < -0.4 is 5.32 Å². The minimum Gasteiger partial charge on any atom is -0.479 e. The molecule has 1 heterocycles. The molecule has 1 aliphatic heterocycles. The summed E-state index contributed by atoms with van der Waals surface area (Å²) in [5.41, 5.74) is 0.415. The third-order valence-corrected chi connectivity index (χ3v) is 4.96. The number of benzene rings is 1. The number of amides is 4. The summed E-state index contributed by atoms with van der Waals surface area (Å²) in [5.74, 6) is -1.80. The SMILES string of the molecule is CCCCCCCC(=O)N1CCN(C(=O)NC(C(=O)O)c2ccccc2)C(=O)C1. The molecule has 1 saturated heterocycles. The summed E-state index contributed by atoms with van der Waals surface area (Å²) in [6.45, 7) is 2.28. The van der Waals surface area contributed by atoms with Crippen molar-refractivity contribution >= 4 is 23.8 Å². The smallest absolute Gasteiger partial charge is 0.330 e. The van der Waals surface area contributed by atoms with Gasteiger partial charge in [-0.15, -0.1) is 0 Å². The van der Waals surface area contributed by atoms with Gasteiger partial charge in [-0.3, -0.25) is 14.5 Å². The zero-order valence-corrected chi connectivity index (χ0v) is 16.8. The van der Waals surface area contributed by atoms with E-state index >= 15 is 0 Å². The summed E-state index contributed by atoms with van der Waals surface area (Å²) in [6, 6.07) is 6.27. The first-order valence-corrected chi connectivity index (χ1v) is 10.1. The standard InChI is InChI=1S/C21H29N3O5/c1-2-3-4-5-9-12-17(25)23-13-14-24(18(26)15-23)21(29)22-19(20(27)28)16-10-7-6-8-11-16/h6-8,10-11,19H,2-5,9,12-15H2,1H3,(H,22,29)(H,27,28). The maximum absolute atomic E-state index is 12.5. The molecule has 1 unspecified atom stereocenters. The van der Waals surface area contributed by atoms with Crippen LogP contribution in [0.2, 0.25) is 0 Å². The van der Waals surface area contributed by atoms with Crippen molar-refractivity contribution in [2.24, 2.45) is 0 Å². The fourth-order valence-electron chi connectivity index (χ4n) is 3.27. The number of rotatable bonds is 9. The molecule has 1 aromatic carbocycles. The van der Waals surface area contributed by atoms with E-state index in [2.05, 4.69) is 12.2 Å². The second kappa shape index (κ2) is 11.2. The van der Waals surface area contributed by atoms with E-state index in [1.807, 2.05) is 0 Å². The van der Waals surface area contributed by atoms with Gasteiger partial charge in [0, 0.05) is 19.5 Å². The highest BCUT2D eigenvalue weighted by atomic mass is 16.4. The third kappa shape index (κ3) is 6.58. The van der Waals surface area contributed by atoms with Gasteiger partial charge in [-0.2, -0.15) is 0 Å². The summed E-state index contributed by atoms with van der Waals surface area (Å²) >= 11 is 0. The molecule has 158 valence electrons. The van der Waals surface area contributed by atoms with Gasteiger partial charge in [-0.25, -0.2) is 9.59 Å². The van der Waals surface area contributed by atoms with E-state index in [1.54, 1.807) is 30.3 Å². The van der Waals surface area contributed by atoms with Crippen molar-refractivity contribution < 1.29 is 24.3 Å². The summed E-state index contributed by atoms with van der Waals surface area (Å²) in [4.78, 5) is 51.1. The minimum absolute atomic E-state index is 0.0490. The van der Waals surface area contributed by atoms with Crippen LogP contribution in [0, 0.1) is 0 Å². The Bertz CT molecular complexity index is 722. The number of hydrogen-bond acceptors (Lipinski definition) is 4. The number of nitrogens with one attached hydrogen (secondary N) is 1. The van der Waals surface area contributed by atoms with Crippen molar-refractivity contribution in [3.05, 3.63) is 35.9 Å². The largest absolute Gasteiger partial charge is 0.479 e. The van der Waals surface area contributed by atoms with Gasteiger partial charge >= 0.3 is 12.0 Å². The number of carbonyl (C=O) groups is 4. The fraction of sp³-hybridized carbons (Fsp3) is 0.524. The average Bonchev–Trinajstić information content (AvgIpc) is 2.71. The Balaban J connectivity index is 1.86. The Morgan fingerprint density at radius 1 is 1.07 bits per heavy atom. The summed E-state index contributed by atoms with van der Waals surface area (Å²) in [5, 5.41) is 11.8.